The smallest absolute Gasteiger partial charge is 0.174 e. The minimum absolute atomic E-state index is 0.129. The Hall–Kier alpha value is -2.49. The van der Waals surface area contributed by atoms with Crippen LogP contribution < -0.4 is 19.1 Å². The van der Waals surface area contributed by atoms with Gasteiger partial charge in [0.05, 0.1) is 14.2 Å². The molecule has 4 heteroatoms. The van der Waals surface area contributed by atoms with E-state index in [1.165, 1.54) is 13.3 Å². The second-order valence-electron chi connectivity index (χ2n) is 3.88. The van der Waals surface area contributed by atoms with Crippen molar-refractivity contribution in [2.45, 2.75) is 0 Å². The fourth-order valence-corrected chi connectivity index (χ4v) is 1.71. The van der Waals surface area contributed by atoms with Gasteiger partial charge in [-0.25, -0.2) is 0 Å². The fraction of sp³-hybridized carbons (Fsp3) is 0.133. The first-order chi connectivity index (χ1) is 9.24. The Labute approximate surface area is 112 Å². The van der Waals surface area contributed by atoms with Gasteiger partial charge < -0.3 is 14.6 Å². The predicted octanol–water partition coefficient (Wildman–Crippen LogP) is 1.31. The zero-order valence-electron chi connectivity index (χ0n) is 10.9. The van der Waals surface area contributed by atoms with Crippen LogP contribution in [-0.2, 0) is 0 Å². The average molecular weight is 257 g/mol. The lowest BCUT2D eigenvalue weighted by Crippen LogP contribution is -2.26. The summed E-state index contributed by atoms with van der Waals surface area (Å²) in [6, 6.07) is 10.7. The van der Waals surface area contributed by atoms with E-state index in [1.807, 2.05) is 18.2 Å². The molecule has 0 spiro atoms. The molecule has 0 radical (unpaired) electrons. The number of hydrogen-bond acceptors (Lipinski definition) is 3. The molecule has 0 unspecified atom stereocenters. The summed E-state index contributed by atoms with van der Waals surface area (Å²) < 4.78 is 12.0. The van der Waals surface area contributed by atoms with E-state index in [1.54, 1.807) is 42.3 Å². The number of rotatable bonds is 4. The number of benzene rings is 1. The minimum atomic E-state index is -0.129. The van der Waals surface area contributed by atoms with E-state index >= 15 is 0 Å². The summed E-state index contributed by atoms with van der Waals surface area (Å²) in [6.07, 6.45) is 5.10. The summed E-state index contributed by atoms with van der Waals surface area (Å²) in [7, 11) is 3.10. The van der Waals surface area contributed by atoms with Crippen molar-refractivity contribution >= 4 is 12.0 Å². The summed E-state index contributed by atoms with van der Waals surface area (Å²) in [5.74, 6) is 1.02. The van der Waals surface area contributed by atoms with Crippen LogP contribution in [-0.4, -0.2) is 14.2 Å². The standard InChI is InChI=1S/C15H15NO3/c1-18-12-6-7-13(15(10-12)19-2)14(17)11-16-8-4-3-5-9-16/h3-11H,1-2H3. The van der Waals surface area contributed by atoms with Crippen molar-refractivity contribution in [1.29, 1.82) is 0 Å². The van der Waals surface area contributed by atoms with Crippen molar-refractivity contribution in [2.75, 3.05) is 14.2 Å². The van der Waals surface area contributed by atoms with E-state index < -0.39 is 0 Å². The summed E-state index contributed by atoms with van der Waals surface area (Å²) in [5.41, 5.74) is 0.500. The molecule has 2 rings (SSSR count). The minimum Gasteiger partial charge on any atom is -0.868 e. The van der Waals surface area contributed by atoms with Gasteiger partial charge in [0.25, 0.3) is 0 Å². The summed E-state index contributed by atoms with van der Waals surface area (Å²) >= 11 is 0. The molecule has 0 aliphatic heterocycles. The maximum absolute atomic E-state index is 12.2. The van der Waals surface area contributed by atoms with Gasteiger partial charge in [-0.3, -0.25) is 0 Å². The van der Waals surface area contributed by atoms with Gasteiger partial charge in [-0.1, -0.05) is 6.07 Å². The van der Waals surface area contributed by atoms with Crippen LogP contribution in [0.2, 0.25) is 0 Å². The molecular formula is C15H15NO3. The zero-order valence-corrected chi connectivity index (χ0v) is 10.9. The second-order valence-corrected chi connectivity index (χ2v) is 3.88. The van der Waals surface area contributed by atoms with E-state index in [2.05, 4.69) is 0 Å². The number of methoxy groups -OCH3 is 2. The molecule has 0 N–H and O–H groups in total. The molecule has 0 fully saturated rings. The molecule has 0 amide bonds. The Bertz CT molecular complexity index is 579. The highest BCUT2D eigenvalue weighted by molar-refractivity contribution is 5.70. The first-order valence-electron chi connectivity index (χ1n) is 5.81. The van der Waals surface area contributed by atoms with E-state index in [0.717, 1.165) is 0 Å². The molecule has 0 atom stereocenters. The van der Waals surface area contributed by atoms with Crippen LogP contribution in [0.1, 0.15) is 5.56 Å². The van der Waals surface area contributed by atoms with Crippen LogP contribution in [0.3, 0.4) is 0 Å². The molecule has 19 heavy (non-hydrogen) atoms. The van der Waals surface area contributed by atoms with Crippen molar-refractivity contribution in [3.63, 3.8) is 0 Å². The molecular weight excluding hydrogens is 242 g/mol. The molecule has 1 heterocycles. The third-order valence-electron chi connectivity index (χ3n) is 2.68. The SMILES string of the molecule is COc1ccc(C([O-])=C[n+]2ccccc2)c(OC)c1. The third-order valence-corrected chi connectivity index (χ3v) is 2.68. The number of aromatic nitrogens is 1. The number of pyridine rings is 1. The van der Waals surface area contributed by atoms with Crippen LogP contribution in [0.25, 0.3) is 12.0 Å². The summed E-state index contributed by atoms with van der Waals surface area (Å²) in [6.45, 7) is 0. The third kappa shape index (κ3) is 3.04. The Balaban J connectivity index is 2.38. The molecule has 0 aliphatic carbocycles. The Morgan fingerprint density at radius 3 is 2.47 bits per heavy atom. The molecule has 0 saturated heterocycles. The van der Waals surface area contributed by atoms with Gasteiger partial charge in [0.2, 0.25) is 0 Å². The maximum Gasteiger partial charge on any atom is 0.174 e. The summed E-state index contributed by atoms with van der Waals surface area (Å²) in [5, 5.41) is 12.2. The van der Waals surface area contributed by atoms with Crippen molar-refractivity contribution in [3.05, 3.63) is 54.4 Å². The van der Waals surface area contributed by atoms with Crippen molar-refractivity contribution in [2.24, 2.45) is 0 Å². The second kappa shape index (κ2) is 5.91. The highest BCUT2D eigenvalue weighted by Gasteiger charge is 2.05. The zero-order chi connectivity index (χ0) is 13.7. The van der Waals surface area contributed by atoms with Gasteiger partial charge >= 0.3 is 0 Å². The van der Waals surface area contributed by atoms with Crippen LogP contribution in [0.4, 0.5) is 0 Å². The summed E-state index contributed by atoms with van der Waals surface area (Å²) in [4.78, 5) is 0. The lowest BCUT2D eigenvalue weighted by molar-refractivity contribution is -0.570. The van der Waals surface area contributed by atoms with Gasteiger partial charge in [-0.2, -0.15) is 4.57 Å². The monoisotopic (exact) mass is 257 g/mol. The van der Waals surface area contributed by atoms with Gasteiger partial charge in [-0.15, -0.1) is 0 Å². The van der Waals surface area contributed by atoms with Crippen molar-refractivity contribution in [3.8, 4) is 11.5 Å². The Morgan fingerprint density at radius 2 is 1.84 bits per heavy atom. The molecule has 0 bridgehead atoms. The molecule has 1 aromatic heterocycles. The lowest BCUT2D eigenvalue weighted by atomic mass is 10.1. The first-order valence-corrected chi connectivity index (χ1v) is 5.81. The molecule has 4 nitrogen and oxygen atoms in total. The van der Waals surface area contributed by atoms with Crippen LogP contribution in [0.15, 0.2) is 48.8 Å². The number of nitrogens with zero attached hydrogens (tertiary/aromatic N) is 1. The van der Waals surface area contributed by atoms with E-state index in [-0.39, 0.29) is 5.76 Å². The molecule has 1 aromatic carbocycles. The molecule has 0 aliphatic rings. The van der Waals surface area contributed by atoms with Gasteiger partial charge in [0, 0.05) is 23.8 Å². The quantitative estimate of drug-likeness (QED) is 0.613. The van der Waals surface area contributed by atoms with Crippen LogP contribution in [0, 0.1) is 0 Å². The van der Waals surface area contributed by atoms with E-state index in [9.17, 15) is 5.11 Å². The Kier molecular flexibility index (Phi) is 4.03. The molecule has 2 aromatic rings. The maximum atomic E-state index is 12.2. The Morgan fingerprint density at radius 1 is 1.11 bits per heavy atom. The normalized spacial score (nSPS) is 11.2. The van der Waals surface area contributed by atoms with Crippen LogP contribution >= 0.6 is 0 Å². The van der Waals surface area contributed by atoms with Crippen molar-refractivity contribution < 1.29 is 19.1 Å². The topological polar surface area (TPSA) is 45.4 Å². The fourth-order valence-electron chi connectivity index (χ4n) is 1.71. The van der Waals surface area contributed by atoms with Gasteiger partial charge in [0.1, 0.15) is 11.5 Å². The average Bonchev–Trinajstić information content (AvgIpc) is 2.47. The largest absolute Gasteiger partial charge is 0.868 e. The molecule has 0 saturated carbocycles. The highest BCUT2D eigenvalue weighted by atomic mass is 16.5. The lowest BCUT2D eigenvalue weighted by Gasteiger charge is -2.14. The first kappa shape index (κ1) is 13.0. The van der Waals surface area contributed by atoms with Crippen LogP contribution in [0.5, 0.6) is 11.5 Å². The van der Waals surface area contributed by atoms with E-state index in [0.29, 0.717) is 17.1 Å². The van der Waals surface area contributed by atoms with Crippen molar-refractivity contribution in [1.82, 2.24) is 0 Å². The van der Waals surface area contributed by atoms with Gasteiger partial charge in [0.15, 0.2) is 18.6 Å². The van der Waals surface area contributed by atoms with E-state index in [4.69, 9.17) is 9.47 Å². The number of hydrogen-bond donors (Lipinski definition) is 0. The molecule has 98 valence electrons. The number of ether oxygens (including phenoxy) is 2. The highest BCUT2D eigenvalue weighted by Crippen LogP contribution is 2.27. The predicted molar refractivity (Wildman–Crippen MR) is 70.4 cm³/mol. The van der Waals surface area contributed by atoms with Gasteiger partial charge in [-0.05, 0) is 17.9 Å².